The van der Waals surface area contributed by atoms with Crippen molar-refractivity contribution >= 4 is 38.5 Å². The molecule has 0 radical (unpaired) electrons. The predicted octanol–water partition coefficient (Wildman–Crippen LogP) is 3.85. The molecular weight excluding hydrogens is 227 g/mol. The SMILES string of the molecule is Clc1cc2ccoc2cc1Br. The quantitative estimate of drug-likeness (QED) is 0.671. The summed E-state index contributed by atoms with van der Waals surface area (Å²) < 4.78 is 6.03. The van der Waals surface area contributed by atoms with Gasteiger partial charge in [-0.1, -0.05) is 11.6 Å². The molecule has 56 valence electrons. The molecule has 0 N–H and O–H groups in total. The average molecular weight is 231 g/mol. The van der Waals surface area contributed by atoms with Crippen LogP contribution < -0.4 is 0 Å². The minimum atomic E-state index is 0.707. The maximum absolute atomic E-state index is 5.86. The molecule has 11 heavy (non-hydrogen) atoms. The van der Waals surface area contributed by atoms with Crippen LogP contribution in [0, 0.1) is 0 Å². The maximum Gasteiger partial charge on any atom is 0.135 e. The number of hydrogen-bond acceptors (Lipinski definition) is 1. The number of fused-ring (bicyclic) bond motifs is 1. The molecule has 0 spiro atoms. The van der Waals surface area contributed by atoms with Crippen molar-refractivity contribution in [1.82, 2.24) is 0 Å². The lowest BCUT2D eigenvalue weighted by atomic mass is 10.3. The second-order valence-electron chi connectivity index (χ2n) is 2.22. The van der Waals surface area contributed by atoms with Crippen LogP contribution in [0.3, 0.4) is 0 Å². The van der Waals surface area contributed by atoms with E-state index >= 15 is 0 Å². The van der Waals surface area contributed by atoms with E-state index in [1.54, 1.807) is 6.26 Å². The van der Waals surface area contributed by atoms with Gasteiger partial charge in [0, 0.05) is 9.86 Å². The molecule has 0 saturated carbocycles. The smallest absolute Gasteiger partial charge is 0.135 e. The summed E-state index contributed by atoms with van der Waals surface area (Å²) in [6, 6.07) is 5.61. The third kappa shape index (κ3) is 1.17. The Labute approximate surface area is 77.1 Å². The fraction of sp³-hybridized carbons (Fsp3) is 0. The van der Waals surface area contributed by atoms with E-state index in [4.69, 9.17) is 16.0 Å². The number of halogens is 2. The Hall–Kier alpha value is -0.470. The van der Waals surface area contributed by atoms with E-state index < -0.39 is 0 Å². The number of hydrogen-bond donors (Lipinski definition) is 0. The highest BCUT2D eigenvalue weighted by molar-refractivity contribution is 9.10. The topological polar surface area (TPSA) is 13.1 Å². The standard InChI is InChI=1S/C8H4BrClO/c9-6-4-8-5(1-2-11-8)3-7(6)10/h1-4H. The first kappa shape index (κ1) is 7.19. The van der Waals surface area contributed by atoms with Crippen LogP contribution in [-0.2, 0) is 0 Å². The molecule has 0 atom stereocenters. The van der Waals surface area contributed by atoms with Crippen LogP contribution in [0.1, 0.15) is 0 Å². The predicted molar refractivity (Wildman–Crippen MR) is 48.9 cm³/mol. The minimum absolute atomic E-state index is 0.707. The Morgan fingerprint density at radius 1 is 1.36 bits per heavy atom. The summed E-state index contributed by atoms with van der Waals surface area (Å²) >= 11 is 9.17. The molecule has 0 saturated heterocycles. The third-order valence-electron chi connectivity index (χ3n) is 1.50. The largest absolute Gasteiger partial charge is 0.464 e. The summed E-state index contributed by atoms with van der Waals surface area (Å²) in [6.45, 7) is 0. The van der Waals surface area contributed by atoms with Gasteiger partial charge in [0.2, 0.25) is 0 Å². The van der Waals surface area contributed by atoms with Crippen LogP contribution in [0.25, 0.3) is 11.0 Å². The normalized spacial score (nSPS) is 10.7. The van der Waals surface area contributed by atoms with Crippen molar-refractivity contribution in [2.45, 2.75) is 0 Å². The second kappa shape index (κ2) is 2.54. The summed E-state index contributed by atoms with van der Waals surface area (Å²) in [5.41, 5.74) is 0.848. The summed E-state index contributed by atoms with van der Waals surface area (Å²) in [7, 11) is 0. The van der Waals surface area contributed by atoms with Gasteiger partial charge in [0.05, 0.1) is 11.3 Å². The van der Waals surface area contributed by atoms with Gasteiger partial charge in [-0.3, -0.25) is 0 Å². The Kier molecular flexibility index (Phi) is 1.66. The lowest BCUT2D eigenvalue weighted by Crippen LogP contribution is -1.68. The first-order valence-electron chi connectivity index (χ1n) is 3.09. The highest BCUT2D eigenvalue weighted by Gasteiger charge is 2.01. The molecule has 0 fully saturated rings. The second-order valence-corrected chi connectivity index (χ2v) is 3.49. The fourth-order valence-electron chi connectivity index (χ4n) is 0.957. The molecule has 2 aromatic rings. The van der Waals surface area contributed by atoms with Crippen LogP contribution in [0.5, 0.6) is 0 Å². The highest BCUT2D eigenvalue weighted by Crippen LogP contribution is 2.28. The van der Waals surface area contributed by atoms with Gasteiger partial charge in [0.25, 0.3) is 0 Å². The van der Waals surface area contributed by atoms with Crippen molar-refractivity contribution in [2.75, 3.05) is 0 Å². The molecule has 1 aromatic carbocycles. The van der Waals surface area contributed by atoms with E-state index in [2.05, 4.69) is 15.9 Å². The van der Waals surface area contributed by atoms with E-state index in [0.717, 1.165) is 15.4 Å². The summed E-state index contributed by atoms with van der Waals surface area (Å²) in [5, 5.41) is 1.73. The zero-order valence-corrected chi connectivity index (χ0v) is 7.82. The van der Waals surface area contributed by atoms with Gasteiger partial charge in [-0.25, -0.2) is 0 Å². The number of benzene rings is 1. The Balaban J connectivity index is 2.86. The molecule has 0 bridgehead atoms. The Bertz CT molecular complexity index is 358. The molecule has 1 aromatic heterocycles. The average Bonchev–Trinajstić information content (AvgIpc) is 2.36. The summed E-state index contributed by atoms with van der Waals surface area (Å²) in [4.78, 5) is 0. The third-order valence-corrected chi connectivity index (χ3v) is 2.69. The van der Waals surface area contributed by atoms with Crippen molar-refractivity contribution in [2.24, 2.45) is 0 Å². The van der Waals surface area contributed by atoms with Crippen molar-refractivity contribution < 1.29 is 4.42 Å². The van der Waals surface area contributed by atoms with E-state index in [-0.39, 0.29) is 0 Å². The molecule has 0 unspecified atom stereocenters. The number of rotatable bonds is 0. The van der Waals surface area contributed by atoms with Crippen LogP contribution in [-0.4, -0.2) is 0 Å². The van der Waals surface area contributed by atoms with Crippen molar-refractivity contribution in [1.29, 1.82) is 0 Å². The van der Waals surface area contributed by atoms with E-state index in [0.29, 0.717) is 5.02 Å². The highest BCUT2D eigenvalue weighted by atomic mass is 79.9. The van der Waals surface area contributed by atoms with Crippen molar-refractivity contribution in [3.63, 3.8) is 0 Å². The summed E-state index contributed by atoms with van der Waals surface area (Å²) in [5.74, 6) is 0. The van der Waals surface area contributed by atoms with Gasteiger partial charge in [-0.15, -0.1) is 0 Å². The van der Waals surface area contributed by atoms with Crippen LogP contribution in [0.15, 0.2) is 33.4 Å². The van der Waals surface area contributed by atoms with Crippen LogP contribution >= 0.6 is 27.5 Å². The van der Waals surface area contributed by atoms with Gasteiger partial charge < -0.3 is 4.42 Å². The first-order chi connectivity index (χ1) is 5.27. The van der Waals surface area contributed by atoms with Crippen LogP contribution in [0.4, 0.5) is 0 Å². The first-order valence-corrected chi connectivity index (χ1v) is 4.27. The molecule has 0 aliphatic carbocycles. The van der Waals surface area contributed by atoms with E-state index in [1.165, 1.54) is 0 Å². The molecular formula is C8H4BrClO. The Morgan fingerprint density at radius 2 is 2.18 bits per heavy atom. The van der Waals surface area contributed by atoms with Gasteiger partial charge in [0.1, 0.15) is 5.58 Å². The lowest BCUT2D eigenvalue weighted by Gasteiger charge is -1.93. The van der Waals surface area contributed by atoms with E-state index in [1.807, 2.05) is 18.2 Å². The molecule has 0 amide bonds. The molecule has 3 heteroatoms. The zero-order chi connectivity index (χ0) is 7.84. The monoisotopic (exact) mass is 230 g/mol. The molecule has 1 nitrogen and oxygen atoms in total. The molecule has 0 aliphatic rings. The minimum Gasteiger partial charge on any atom is -0.464 e. The zero-order valence-electron chi connectivity index (χ0n) is 5.47. The fourth-order valence-corrected chi connectivity index (χ4v) is 1.45. The van der Waals surface area contributed by atoms with E-state index in [9.17, 15) is 0 Å². The number of furan rings is 1. The van der Waals surface area contributed by atoms with Crippen LogP contribution in [0.2, 0.25) is 5.02 Å². The van der Waals surface area contributed by atoms with Gasteiger partial charge in [-0.05, 0) is 34.1 Å². The lowest BCUT2D eigenvalue weighted by molar-refractivity contribution is 0.615. The molecule has 0 aliphatic heterocycles. The maximum atomic E-state index is 5.86. The van der Waals surface area contributed by atoms with Gasteiger partial charge in [0.15, 0.2) is 0 Å². The Morgan fingerprint density at radius 3 is 3.00 bits per heavy atom. The van der Waals surface area contributed by atoms with Crippen molar-refractivity contribution in [3.8, 4) is 0 Å². The van der Waals surface area contributed by atoms with Crippen molar-refractivity contribution in [3.05, 3.63) is 34.0 Å². The van der Waals surface area contributed by atoms with Gasteiger partial charge in [-0.2, -0.15) is 0 Å². The molecule has 2 rings (SSSR count). The summed E-state index contributed by atoms with van der Waals surface area (Å²) in [6.07, 6.45) is 1.65. The molecule has 1 heterocycles. The van der Waals surface area contributed by atoms with Gasteiger partial charge >= 0.3 is 0 Å².